The van der Waals surface area contributed by atoms with Crippen molar-refractivity contribution in [2.75, 3.05) is 45.3 Å². The van der Waals surface area contributed by atoms with Gasteiger partial charge in [-0.1, -0.05) is 0 Å². The van der Waals surface area contributed by atoms with E-state index >= 15 is 0 Å². The third-order valence-corrected chi connectivity index (χ3v) is 5.29. The van der Waals surface area contributed by atoms with Gasteiger partial charge >= 0.3 is 6.09 Å². The summed E-state index contributed by atoms with van der Waals surface area (Å²) >= 11 is 0. The normalized spacial score (nSPS) is 14.0. The van der Waals surface area contributed by atoms with Gasteiger partial charge in [-0.15, -0.1) is 0 Å². The highest BCUT2D eigenvalue weighted by Gasteiger charge is 2.26. The minimum Gasteiger partial charge on any atom is -0.497 e. The van der Waals surface area contributed by atoms with E-state index in [0.29, 0.717) is 49.8 Å². The first kappa shape index (κ1) is 24.2. The number of anilines is 1. The summed E-state index contributed by atoms with van der Waals surface area (Å²) in [4.78, 5) is 28.8. The molecule has 1 aliphatic rings. The van der Waals surface area contributed by atoms with Crippen molar-refractivity contribution >= 4 is 17.7 Å². The quantitative estimate of drug-likeness (QED) is 0.716. The minimum absolute atomic E-state index is 0.155. The lowest BCUT2D eigenvalue weighted by Crippen LogP contribution is -2.50. The van der Waals surface area contributed by atoms with Crippen LogP contribution in [0.4, 0.5) is 10.5 Å². The second kappa shape index (κ2) is 10.5. The lowest BCUT2D eigenvalue weighted by atomic mass is 10.1. The summed E-state index contributed by atoms with van der Waals surface area (Å²) in [5, 5.41) is 2.93. The van der Waals surface area contributed by atoms with Crippen molar-refractivity contribution in [3.05, 3.63) is 53.6 Å². The number of nitrogens with one attached hydrogen (secondary N) is 1. The van der Waals surface area contributed by atoms with Crippen LogP contribution in [0.25, 0.3) is 0 Å². The Bertz CT molecular complexity index is 939. The van der Waals surface area contributed by atoms with Gasteiger partial charge in [0.2, 0.25) is 0 Å². The Kier molecular flexibility index (Phi) is 7.68. The molecule has 1 saturated heterocycles. The van der Waals surface area contributed by atoms with Gasteiger partial charge in [-0.2, -0.15) is 0 Å². The molecule has 0 spiro atoms. The zero-order valence-electron chi connectivity index (χ0n) is 20.0. The smallest absolute Gasteiger partial charge is 0.410 e. The molecular formula is C25H33N3O5. The van der Waals surface area contributed by atoms with Crippen LogP contribution in [0.2, 0.25) is 0 Å². The molecule has 1 aliphatic heterocycles. The van der Waals surface area contributed by atoms with E-state index in [1.807, 2.05) is 57.2 Å². The first-order valence-electron chi connectivity index (χ1n) is 11.0. The number of hydrogen-bond donors (Lipinski definition) is 1. The molecule has 2 aromatic carbocycles. The molecule has 0 saturated carbocycles. The molecule has 8 nitrogen and oxygen atoms in total. The van der Waals surface area contributed by atoms with Gasteiger partial charge in [0.15, 0.2) is 0 Å². The summed E-state index contributed by atoms with van der Waals surface area (Å²) in [6, 6.07) is 13.0. The van der Waals surface area contributed by atoms with Gasteiger partial charge in [0, 0.05) is 50.0 Å². The predicted molar refractivity (Wildman–Crippen MR) is 127 cm³/mol. The summed E-state index contributed by atoms with van der Waals surface area (Å²) < 4.78 is 16.0. The van der Waals surface area contributed by atoms with Crippen LogP contribution in [0.3, 0.4) is 0 Å². The SMILES string of the molecule is COc1cc(CNC(=O)c2ccc(N3CCN(C(=O)OC(C)(C)C)CC3)cc2)cc(OC)c1. The van der Waals surface area contributed by atoms with Gasteiger partial charge < -0.3 is 29.3 Å². The van der Waals surface area contributed by atoms with Crippen LogP contribution >= 0.6 is 0 Å². The number of ether oxygens (including phenoxy) is 3. The molecule has 0 radical (unpaired) electrons. The number of carbonyl (C=O) groups excluding carboxylic acids is 2. The summed E-state index contributed by atoms with van der Waals surface area (Å²) in [5.41, 5.74) is 2.00. The summed E-state index contributed by atoms with van der Waals surface area (Å²) in [6.07, 6.45) is -0.275. The van der Waals surface area contributed by atoms with E-state index < -0.39 is 5.60 Å². The van der Waals surface area contributed by atoms with Crippen LogP contribution < -0.4 is 19.7 Å². The lowest BCUT2D eigenvalue weighted by Gasteiger charge is -2.36. The van der Waals surface area contributed by atoms with Crippen molar-refractivity contribution in [1.29, 1.82) is 0 Å². The Morgan fingerprint density at radius 3 is 2.00 bits per heavy atom. The lowest BCUT2D eigenvalue weighted by molar-refractivity contribution is 0.0240. The topological polar surface area (TPSA) is 80.3 Å². The summed E-state index contributed by atoms with van der Waals surface area (Å²) in [5.74, 6) is 1.20. The van der Waals surface area contributed by atoms with Gasteiger partial charge in [-0.25, -0.2) is 4.79 Å². The van der Waals surface area contributed by atoms with Gasteiger partial charge in [0.25, 0.3) is 5.91 Å². The highest BCUT2D eigenvalue weighted by atomic mass is 16.6. The van der Waals surface area contributed by atoms with Crippen LogP contribution in [-0.4, -0.2) is 62.9 Å². The Hall–Kier alpha value is -3.42. The van der Waals surface area contributed by atoms with E-state index in [1.54, 1.807) is 25.2 Å². The Labute approximate surface area is 195 Å². The number of rotatable bonds is 6. The number of piperazine rings is 1. The zero-order valence-corrected chi connectivity index (χ0v) is 20.0. The molecule has 0 unspecified atom stereocenters. The molecule has 1 fully saturated rings. The monoisotopic (exact) mass is 455 g/mol. The van der Waals surface area contributed by atoms with Crippen LogP contribution in [-0.2, 0) is 11.3 Å². The Balaban J connectivity index is 1.53. The Morgan fingerprint density at radius 1 is 0.909 bits per heavy atom. The minimum atomic E-state index is -0.497. The van der Waals surface area contributed by atoms with Crippen LogP contribution in [0.5, 0.6) is 11.5 Å². The largest absolute Gasteiger partial charge is 0.497 e. The van der Waals surface area contributed by atoms with Crippen molar-refractivity contribution < 1.29 is 23.8 Å². The molecule has 33 heavy (non-hydrogen) atoms. The average molecular weight is 456 g/mol. The fourth-order valence-corrected chi connectivity index (χ4v) is 3.55. The maximum Gasteiger partial charge on any atom is 0.410 e. The van der Waals surface area contributed by atoms with E-state index in [2.05, 4.69) is 10.2 Å². The van der Waals surface area contributed by atoms with Crippen LogP contribution in [0, 0.1) is 0 Å². The molecule has 2 amide bonds. The highest BCUT2D eigenvalue weighted by Crippen LogP contribution is 2.23. The number of nitrogens with zero attached hydrogens (tertiary/aromatic N) is 2. The molecule has 3 rings (SSSR count). The highest BCUT2D eigenvalue weighted by molar-refractivity contribution is 5.94. The fraction of sp³-hybridized carbons (Fsp3) is 0.440. The molecule has 0 atom stereocenters. The third kappa shape index (κ3) is 6.78. The van der Waals surface area contributed by atoms with Gasteiger partial charge in [-0.3, -0.25) is 4.79 Å². The van der Waals surface area contributed by atoms with E-state index in [4.69, 9.17) is 14.2 Å². The van der Waals surface area contributed by atoms with Crippen molar-refractivity contribution in [3.8, 4) is 11.5 Å². The molecule has 2 aromatic rings. The Morgan fingerprint density at radius 2 is 1.48 bits per heavy atom. The van der Waals surface area contributed by atoms with E-state index in [9.17, 15) is 9.59 Å². The van der Waals surface area contributed by atoms with Crippen molar-refractivity contribution in [3.63, 3.8) is 0 Å². The predicted octanol–water partition coefficient (Wildman–Crippen LogP) is 3.69. The van der Waals surface area contributed by atoms with Crippen molar-refractivity contribution in [2.45, 2.75) is 32.9 Å². The summed E-state index contributed by atoms with van der Waals surface area (Å²) in [7, 11) is 3.19. The van der Waals surface area contributed by atoms with E-state index in [0.717, 1.165) is 11.3 Å². The second-order valence-electron chi connectivity index (χ2n) is 8.90. The van der Waals surface area contributed by atoms with Crippen molar-refractivity contribution in [1.82, 2.24) is 10.2 Å². The van der Waals surface area contributed by atoms with Gasteiger partial charge in [0.1, 0.15) is 17.1 Å². The van der Waals surface area contributed by atoms with Crippen molar-refractivity contribution in [2.24, 2.45) is 0 Å². The van der Waals surface area contributed by atoms with E-state index in [-0.39, 0.29) is 12.0 Å². The standard InChI is InChI=1S/C25H33N3O5/c1-25(2,3)33-24(30)28-12-10-27(11-13-28)20-8-6-19(7-9-20)23(29)26-17-18-14-21(31-4)16-22(15-18)32-5/h6-9,14-16H,10-13,17H2,1-5H3,(H,26,29). The molecular weight excluding hydrogens is 422 g/mol. The number of amides is 2. The molecule has 8 heteroatoms. The number of benzene rings is 2. The molecule has 0 aromatic heterocycles. The first-order valence-corrected chi connectivity index (χ1v) is 11.0. The maximum absolute atomic E-state index is 12.6. The average Bonchev–Trinajstić information content (AvgIpc) is 2.81. The van der Waals surface area contributed by atoms with Crippen LogP contribution in [0.15, 0.2) is 42.5 Å². The fourth-order valence-electron chi connectivity index (χ4n) is 3.55. The second-order valence-corrected chi connectivity index (χ2v) is 8.90. The first-order chi connectivity index (χ1) is 15.7. The van der Waals surface area contributed by atoms with Gasteiger partial charge in [0.05, 0.1) is 14.2 Å². The maximum atomic E-state index is 12.6. The zero-order chi connectivity index (χ0) is 24.0. The third-order valence-electron chi connectivity index (χ3n) is 5.29. The molecule has 0 aliphatic carbocycles. The number of carbonyl (C=O) groups is 2. The van der Waals surface area contributed by atoms with E-state index in [1.165, 1.54) is 0 Å². The number of hydrogen-bond acceptors (Lipinski definition) is 6. The van der Waals surface area contributed by atoms with Gasteiger partial charge in [-0.05, 0) is 62.7 Å². The summed E-state index contributed by atoms with van der Waals surface area (Å²) in [6.45, 7) is 8.58. The molecule has 1 heterocycles. The molecule has 1 N–H and O–H groups in total. The van der Waals surface area contributed by atoms with Crippen LogP contribution in [0.1, 0.15) is 36.7 Å². The molecule has 0 bridgehead atoms. The molecule has 178 valence electrons. The number of methoxy groups -OCH3 is 2.